The third-order valence-corrected chi connectivity index (χ3v) is 5.27. The van der Waals surface area contributed by atoms with E-state index >= 15 is 0 Å². The van der Waals surface area contributed by atoms with Crippen LogP contribution < -0.4 is 10.5 Å². The lowest BCUT2D eigenvalue weighted by Gasteiger charge is -2.12. The second kappa shape index (κ2) is 5.82. The molecule has 2 aromatic carbocycles. The highest BCUT2D eigenvalue weighted by Gasteiger charge is 2.19. The number of aromatic nitrogens is 1. The Labute approximate surface area is 144 Å². The molecule has 0 spiro atoms. The first-order valence-electron chi connectivity index (χ1n) is 7.40. The van der Waals surface area contributed by atoms with Gasteiger partial charge in [0.15, 0.2) is 11.6 Å². The first-order valence-corrected chi connectivity index (χ1v) is 8.88. The molecule has 0 atom stereocenters. The van der Waals surface area contributed by atoms with Gasteiger partial charge in [-0.25, -0.2) is 13.4 Å². The van der Waals surface area contributed by atoms with Crippen molar-refractivity contribution < 1.29 is 18.6 Å². The van der Waals surface area contributed by atoms with Crippen LogP contribution in [0.15, 0.2) is 41.3 Å². The number of nitrogen functional groups attached to an aromatic ring is 1. The molecule has 0 unspecified atom stereocenters. The lowest BCUT2D eigenvalue weighted by atomic mass is 10.0. The number of benzene rings is 2. The van der Waals surface area contributed by atoms with E-state index in [1.807, 2.05) is 0 Å². The number of pyridine rings is 1. The molecule has 8 heteroatoms. The molecule has 1 aromatic heterocycles. The number of sulfonamides is 1. The summed E-state index contributed by atoms with van der Waals surface area (Å²) < 4.78 is 27.5. The molecule has 0 aliphatic heterocycles. The maximum Gasteiger partial charge on any atom is 0.263 e. The average molecular weight is 359 g/mol. The summed E-state index contributed by atoms with van der Waals surface area (Å²) in [6.07, 6.45) is 0. The SMILES string of the molecule is Cc1ccc(O)c(NS(=O)(=O)c2ccc3c(C)c(O)cc(N)c3c2)n1. The lowest BCUT2D eigenvalue weighted by molar-refractivity contribution is 0.472. The van der Waals surface area contributed by atoms with Crippen molar-refractivity contribution in [2.75, 3.05) is 10.5 Å². The fraction of sp³-hybridized carbons (Fsp3) is 0.118. The summed E-state index contributed by atoms with van der Waals surface area (Å²) in [5.41, 5.74) is 7.35. The van der Waals surface area contributed by atoms with Gasteiger partial charge in [-0.15, -0.1) is 0 Å². The number of fused-ring (bicyclic) bond motifs is 1. The van der Waals surface area contributed by atoms with E-state index in [-0.39, 0.29) is 27.9 Å². The van der Waals surface area contributed by atoms with E-state index < -0.39 is 10.0 Å². The fourth-order valence-electron chi connectivity index (χ4n) is 2.54. The number of nitrogens with one attached hydrogen (secondary N) is 1. The van der Waals surface area contributed by atoms with Crippen LogP contribution in [0.5, 0.6) is 11.5 Å². The highest BCUT2D eigenvalue weighted by atomic mass is 32.2. The standard InChI is InChI=1S/C17H17N3O4S/c1-9-3-6-15(21)17(19-9)20-25(23,24)11-4-5-12-10(2)16(22)8-14(18)13(12)7-11/h3-8,21-22H,18H2,1-2H3,(H,19,20). The predicted octanol–water partition coefficient (Wildman–Crippen LogP) is 2.65. The third-order valence-electron chi connectivity index (χ3n) is 3.94. The zero-order valence-corrected chi connectivity index (χ0v) is 14.4. The number of hydrogen-bond acceptors (Lipinski definition) is 6. The van der Waals surface area contributed by atoms with Gasteiger partial charge in [0.1, 0.15) is 5.75 Å². The van der Waals surface area contributed by atoms with Crippen molar-refractivity contribution in [2.45, 2.75) is 18.7 Å². The molecule has 1 heterocycles. The molecule has 25 heavy (non-hydrogen) atoms. The number of anilines is 2. The average Bonchev–Trinajstić information content (AvgIpc) is 2.55. The Morgan fingerprint density at radius 1 is 1.00 bits per heavy atom. The zero-order chi connectivity index (χ0) is 18.4. The normalized spacial score (nSPS) is 11.6. The van der Waals surface area contributed by atoms with Gasteiger partial charge in [0.25, 0.3) is 10.0 Å². The van der Waals surface area contributed by atoms with E-state index in [0.29, 0.717) is 22.0 Å². The van der Waals surface area contributed by atoms with Crippen molar-refractivity contribution in [3.63, 3.8) is 0 Å². The first kappa shape index (κ1) is 16.8. The van der Waals surface area contributed by atoms with Gasteiger partial charge in [0, 0.05) is 22.8 Å². The Bertz CT molecular complexity index is 1090. The lowest BCUT2D eigenvalue weighted by Crippen LogP contribution is -2.14. The molecular weight excluding hydrogens is 342 g/mol. The smallest absolute Gasteiger partial charge is 0.263 e. The number of nitrogens with zero attached hydrogens (tertiary/aromatic N) is 1. The Hall–Kier alpha value is -3.00. The maximum absolute atomic E-state index is 12.6. The molecule has 0 saturated heterocycles. The van der Waals surface area contributed by atoms with Crippen LogP contribution in [0.1, 0.15) is 11.3 Å². The first-order chi connectivity index (χ1) is 11.7. The molecule has 0 amide bonds. The highest BCUT2D eigenvalue weighted by molar-refractivity contribution is 7.92. The van der Waals surface area contributed by atoms with Gasteiger partial charge in [-0.1, -0.05) is 6.07 Å². The molecule has 0 aliphatic rings. The van der Waals surface area contributed by atoms with Crippen LogP contribution in [-0.2, 0) is 10.0 Å². The molecule has 3 rings (SSSR count). The van der Waals surface area contributed by atoms with Crippen molar-refractivity contribution in [3.05, 3.63) is 47.7 Å². The van der Waals surface area contributed by atoms with Gasteiger partial charge >= 0.3 is 0 Å². The molecule has 0 aliphatic carbocycles. The molecule has 0 fully saturated rings. The number of phenols is 1. The summed E-state index contributed by atoms with van der Waals surface area (Å²) >= 11 is 0. The summed E-state index contributed by atoms with van der Waals surface area (Å²) in [7, 11) is -3.97. The van der Waals surface area contributed by atoms with Crippen molar-refractivity contribution in [1.82, 2.24) is 4.98 Å². The minimum Gasteiger partial charge on any atom is -0.508 e. The van der Waals surface area contributed by atoms with Crippen molar-refractivity contribution in [3.8, 4) is 11.5 Å². The summed E-state index contributed by atoms with van der Waals surface area (Å²) in [6, 6.07) is 8.73. The monoisotopic (exact) mass is 359 g/mol. The Morgan fingerprint density at radius 2 is 1.72 bits per heavy atom. The molecule has 0 bridgehead atoms. The highest BCUT2D eigenvalue weighted by Crippen LogP contribution is 2.33. The van der Waals surface area contributed by atoms with Crippen LogP contribution in [0.3, 0.4) is 0 Å². The molecule has 0 saturated carbocycles. The number of nitrogens with two attached hydrogens (primary N) is 1. The van der Waals surface area contributed by atoms with E-state index in [0.717, 1.165) is 0 Å². The maximum atomic E-state index is 12.6. The van der Waals surface area contributed by atoms with E-state index in [4.69, 9.17) is 5.73 Å². The van der Waals surface area contributed by atoms with Crippen molar-refractivity contribution >= 4 is 32.3 Å². The van der Waals surface area contributed by atoms with E-state index in [9.17, 15) is 18.6 Å². The summed E-state index contributed by atoms with van der Waals surface area (Å²) in [5, 5.41) is 20.8. The van der Waals surface area contributed by atoms with Crippen LogP contribution in [0.4, 0.5) is 11.5 Å². The van der Waals surface area contributed by atoms with Gasteiger partial charge in [0.2, 0.25) is 0 Å². The van der Waals surface area contributed by atoms with Gasteiger partial charge in [-0.05, 0) is 49.1 Å². The van der Waals surface area contributed by atoms with Crippen LogP contribution in [0.2, 0.25) is 0 Å². The third kappa shape index (κ3) is 3.03. The zero-order valence-electron chi connectivity index (χ0n) is 13.6. The minimum atomic E-state index is -3.97. The van der Waals surface area contributed by atoms with Gasteiger partial charge < -0.3 is 15.9 Å². The topological polar surface area (TPSA) is 126 Å². The molecule has 0 radical (unpaired) electrons. The Balaban J connectivity index is 2.10. The van der Waals surface area contributed by atoms with Crippen molar-refractivity contribution in [1.29, 1.82) is 0 Å². The number of hydrogen-bond donors (Lipinski definition) is 4. The number of aromatic hydroxyl groups is 2. The summed E-state index contributed by atoms with van der Waals surface area (Å²) in [5.74, 6) is -0.363. The van der Waals surface area contributed by atoms with Crippen LogP contribution in [-0.4, -0.2) is 23.6 Å². The van der Waals surface area contributed by atoms with Gasteiger partial charge in [-0.3, -0.25) is 4.72 Å². The molecule has 130 valence electrons. The van der Waals surface area contributed by atoms with Gasteiger partial charge in [-0.2, -0.15) is 0 Å². The second-order valence-electron chi connectivity index (χ2n) is 5.74. The van der Waals surface area contributed by atoms with Crippen molar-refractivity contribution in [2.24, 2.45) is 0 Å². The predicted molar refractivity (Wildman–Crippen MR) is 96.2 cm³/mol. The van der Waals surface area contributed by atoms with Crippen LogP contribution >= 0.6 is 0 Å². The van der Waals surface area contributed by atoms with Crippen LogP contribution in [0.25, 0.3) is 10.8 Å². The van der Waals surface area contributed by atoms with E-state index in [1.54, 1.807) is 26.0 Å². The Morgan fingerprint density at radius 3 is 2.44 bits per heavy atom. The molecule has 3 aromatic rings. The molecule has 7 nitrogen and oxygen atoms in total. The Kier molecular flexibility index (Phi) is 3.92. The van der Waals surface area contributed by atoms with Crippen LogP contribution in [0, 0.1) is 13.8 Å². The quantitative estimate of drug-likeness (QED) is 0.533. The second-order valence-corrected chi connectivity index (χ2v) is 7.43. The number of phenolic OH excluding ortho intramolecular Hbond substituents is 1. The number of rotatable bonds is 3. The fourth-order valence-corrected chi connectivity index (χ4v) is 3.58. The van der Waals surface area contributed by atoms with Gasteiger partial charge in [0.05, 0.1) is 4.90 Å². The minimum absolute atomic E-state index is 0.0282. The number of aryl methyl sites for hydroxylation is 2. The molecular formula is C17H17N3O4S. The molecule has 5 N–H and O–H groups in total. The van der Waals surface area contributed by atoms with E-state index in [2.05, 4.69) is 9.71 Å². The van der Waals surface area contributed by atoms with E-state index in [1.165, 1.54) is 24.3 Å². The summed E-state index contributed by atoms with van der Waals surface area (Å²) in [6.45, 7) is 3.40. The summed E-state index contributed by atoms with van der Waals surface area (Å²) in [4.78, 5) is 3.96. The largest absolute Gasteiger partial charge is 0.508 e.